The van der Waals surface area contributed by atoms with Gasteiger partial charge in [-0.2, -0.15) is 4.31 Å². The average molecular weight is 397 g/mol. The van der Waals surface area contributed by atoms with Crippen molar-refractivity contribution >= 4 is 15.9 Å². The number of benzene rings is 1. The Kier molecular flexibility index (Phi) is 4.70. The number of imidazole rings is 1. The number of para-hydroxylation sites is 1. The highest BCUT2D eigenvalue weighted by Crippen LogP contribution is 2.30. The van der Waals surface area contributed by atoms with Crippen LogP contribution in [-0.2, 0) is 23.1 Å². The summed E-state index contributed by atoms with van der Waals surface area (Å²) in [4.78, 5) is 21.2. The number of amides is 1. The maximum Gasteiger partial charge on any atom is 0.272 e. The predicted octanol–water partition coefficient (Wildman–Crippen LogP) is 1.72. The third-order valence-corrected chi connectivity index (χ3v) is 6.67. The first-order chi connectivity index (χ1) is 13.5. The van der Waals surface area contributed by atoms with Gasteiger partial charge in [0.25, 0.3) is 5.91 Å². The number of carbonyl (C=O) groups excluding carboxylic acids is 1. The van der Waals surface area contributed by atoms with E-state index in [4.69, 9.17) is 0 Å². The fourth-order valence-electron chi connectivity index (χ4n) is 3.24. The monoisotopic (exact) mass is 397 g/mol. The number of aromatic nitrogens is 3. The van der Waals surface area contributed by atoms with Crippen LogP contribution in [0.25, 0.3) is 5.69 Å². The Morgan fingerprint density at radius 1 is 1.18 bits per heavy atom. The van der Waals surface area contributed by atoms with Gasteiger partial charge in [0, 0.05) is 25.5 Å². The SMILES string of the molecule is CCN1Cc2c(C(=O)NCc3ccncc3)ncn2-c2ccccc2S1(=O)=O. The average Bonchev–Trinajstić information content (AvgIpc) is 3.10. The third-order valence-electron chi connectivity index (χ3n) is 4.71. The predicted molar refractivity (Wildman–Crippen MR) is 102 cm³/mol. The van der Waals surface area contributed by atoms with E-state index >= 15 is 0 Å². The zero-order chi connectivity index (χ0) is 19.7. The number of hydrogen-bond acceptors (Lipinski definition) is 5. The van der Waals surface area contributed by atoms with Gasteiger partial charge >= 0.3 is 0 Å². The van der Waals surface area contributed by atoms with E-state index in [1.807, 2.05) is 12.1 Å². The molecule has 1 aliphatic rings. The molecule has 0 atom stereocenters. The Morgan fingerprint density at radius 2 is 1.93 bits per heavy atom. The van der Waals surface area contributed by atoms with Crippen LogP contribution in [0.15, 0.2) is 60.0 Å². The summed E-state index contributed by atoms with van der Waals surface area (Å²) in [5, 5.41) is 2.84. The van der Waals surface area contributed by atoms with Crippen LogP contribution in [0.4, 0.5) is 0 Å². The van der Waals surface area contributed by atoms with Crippen molar-refractivity contribution in [2.45, 2.75) is 24.9 Å². The second kappa shape index (κ2) is 7.17. The fourth-order valence-corrected chi connectivity index (χ4v) is 4.83. The van der Waals surface area contributed by atoms with E-state index in [2.05, 4.69) is 15.3 Å². The molecule has 1 N–H and O–H groups in total. The van der Waals surface area contributed by atoms with Gasteiger partial charge in [0.1, 0.15) is 11.2 Å². The summed E-state index contributed by atoms with van der Waals surface area (Å²) in [6, 6.07) is 10.4. The Labute approximate surface area is 162 Å². The Hall–Kier alpha value is -3.04. The van der Waals surface area contributed by atoms with Crippen molar-refractivity contribution in [3.05, 3.63) is 72.1 Å². The van der Waals surface area contributed by atoms with Gasteiger partial charge in [-0.1, -0.05) is 19.1 Å². The fraction of sp³-hybridized carbons (Fsp3) is 0.211. The minimum atomic E-state index is -3.66. The van der Waals surface area contributed by atoms with Crippen molar-refractivity contribution in [2.24, 2.45) is 0 Å². The minimum absolute atomic E-state index is 0.0749. The van der Waals surface area contributed by atoms with Crippen LogP contribution >= 0.6 is 0 Å². The van der Waals surface area contributed by atoms with E-state index < -0.39 is 10.0 Å². The molecule has 1 aliphatic heterocycles. The number of carbonyl (C=O) groups is 1. The molecule has 0 fully saturated rings. The molecule has 1 amide bonds. The van der Waals surface area contributed by atoms with Crippen LogP contribution in [0, 0.1) is 0 Å². The van der Waals surface area contributed by atoms with Crippen LogP contribution in [0.2, 0.25) is 0 Å². The van der Waals surface area contributed by atoms with Crippen molar-refractivity contribution in [3.8, 4) is 5.69 Å². The standard InChI is InChI=1S/C19H19N5O3S/c1-2-23-12-16-18(19(25)21-11-14-7-9-20-10-8-14)22-13-24(16)15-5-3-4-6-17(15)28(23,26)27/h3-10,13H,2,11-12H2,1H3,(H,21,25). The van der Waals surface area contributed by atoms with Crippen molar-refractivity contribution in [3.63, 3.8) is 0 Å². The summed E-state index contributed by atoms with van der Waals surface area (Å²) in [7, 11) is -3.66. The van der Waals surface area contributed by atoms with Crippen LogP contribution in [-0.4, -0.2) is 39.7 Å². The molecule has 144 valence electrons. The molecule has 2 aromatic heterocycles. The maximum absolute atomic E-state index is 13.0. The molecule has 28 heavy (non-hydrogen) atoms. The molecule has 0 aliphatic carbocycles. The van der Waals surface area contributed by atoms with Gasteiger partial charge in [0.05, 0.1) is 17.9 Å². The summed E-state index contributed by atoms with van der Waals surface area (Å²) in [5.41, 5.74) is 2.17. The number of nitrogens with one attached hydrogen (secondary N) is 1. The number of fused-ring (bicyclic) bond motifs is 3. The molecule has 3 heterocycles. The molecule has 0 saturated heterocycles. The van der Waals surface area contributed by atoms with Gasteiger partial charge < -0.3 is 5.32 Å². The van der Waals surface area contributed by atoms with Gasteiger partial charge in [-0.25, -0.2) is 13.4 Å². The largest absolute Gasteiger partial charge is 0.347 e. The number of hydrogen-bond donors (Lipinski definition) is 1. The number of sulfonamides is 1. The molecule has 1 aromatic carbocycles. The molecule has 3 aromatic rings. The molecule has 0 unspecified atom stereocenters. The maximum atomic E-state index is 13.0. The Morgan fingerprint density at radius 3 is 2.68 bits per heavy atom. The van der Waals surface area contributed by atoms with Crippen LogP contribution < -0.4 is 5.32 Å². The topological polar surface area (TPSA) is 97.2 Å². The molecule has 0 spiro atoms. The highest BCUT2D eigenvalue weighted by atomic mass is 32.2. The van der Waals surface area contributed by atoms with Gasteiger partial charge in [0.2, 0.25) is 10.0 Å². The molecule has 0 radical (unpaired) electrons. The second-order valence-electron chi connectivity index (χ2n) is 6.35. The van der Waals surface area contributed by atoms with Gasteiger partial charge in [-0.15, -0.1) is 0 Å². The van der Waals surface area contributed by atoms with Gasteiger partial charge in [-0.3, -0.25) is 14.3 Å². The van der Waals surface area contributed by atoms with Crippen LogP contribution in [0.5, 0.6) is 0 Å². The van der Waals surface area contributed by atoms with Crippen molar-refractivity contribution in [1.82, 2.24) is 24.2 Å². The molecule has 0 saturated carbocycles. The lowest BCUT2D eigenvalue weighted by Gasteiger charge is -2.18. The second-order valence-corrected chi connectivity index (χ2v) is 8.25. The first kappa shape index (κ1) is 18.3. The van der Waals surface area contributed by atoms with Crippen molar-refractivity contribution < 1.29 is 13.2 Å². The highest BCUT2D eigenvalue weighted by molar-refractivity contribution is 7.89. The van der Waals surface area contributed by atoms with Crippen molar-refractivity contribution in [1.29, 1.82) is 0 Å². The first-order valence-electron chi connectivity index (χ1n) is 8.85. The zero-order valence-corrected chi connectivity index (χ0v) is 16.1. The molecule has 4 rings (SSSR count). The minimum Gasteiger partial charge on any atom is -0.347 e. The number of rotatable bonds is 4. The van der Waals surface area contributed by atoms with Crippen LogP contribution in [0.3, 0.4) is 0 Å². The van der Waals surface area contributed by atoms with E-state index in [9.17, 15) is 13.2 Å². The smallest absolute Gasteiger partial charge is 0.272 e. The first-order valence-corrected chi connectivity index (χ1v) is 10.3. The summed E-state index contributed by atoms with van der Waals surface area (Å²) in [5.74, 6) is -0.349. The number of nitrogens with zero attached hydrogens (tertiary/aromatic N) is 4. The number of pyridine rings is 1. The summed E-state index contributed by atoms with van der Waals surface area (Å²) >= 11 is 0. The molecule has 8 nitrogen and oxygen atoms in total. The molecule has 9 heteroatoms. The molecular weight excluding hydrogens is 378 g/mol. The molecular formula is C19H19N5O3S. The quantitative estimate of drug-likeness (QED) is 0.723. The Bertz CT molecular complexity index is 1130. The lowest BCUT2D eigenvalue weighted by molar-refractivity contribution is 0.0944. The van der Waals surface area contributed by atoms with Gasteiger partial charge in [-0.05, 0) is 29.8 Å². The summed E-state index contributed by atoms with van der Waals surface area (Å²) in [6.07, 6.45) is 4.82. The summed E-state index contributed by atoms with van der Waals surface area (Å²) in [6.45, 7) is 2.47. The van der Waals surface area contributed by atoms with E-state index in [-0.39, 0.29) is 23.0 Å². The van der Waals surface area contributed by atoms with E-state index in [0.717, 1.165) is 5.56 Å². The summed E-state index contributed by atoms with van der Waals surface area (Å²) < 4.78 is 29.0. The lowest BCUT2D eigenvalue weighted by Crippen LogP contribution is -2.31. The third kappa shape index (κ3) is 3.08. The van der Waals surface area contributed by atoms with E-state index in [0.29, 0.717) is 24.5 Å². The van der Waals surface area contributed by atoms with Crippen LogP contribution in [0.1, 0.15) is 28.7 Å². The van der Waals surface area contributed by atoms with Gasteiger partial charge in [0.15, 0.2) is 5.69 Å². The van der Waals surface area contributed by atoms with E-state index in [1.54, 1.807) is 48.1 Å². The Balaban J connectivity index is 1.72. The zero-order valence-electron chi connectivity index (χ0n) is 15.2. The highest BCUT2D eigenvalue weighted by Gasteiger charge is 2.33. The normalized spacial score (nSPS) is 15.3. The van der Waals surface area contributed by atoms with E-state index in [1.165, 1.54) is 10.6 Å². The van der Waals surface area contributed by atoms with Crippen molar-refractivity contribution in [2.75, 3.05) is 6.54 Å². The molecule has 0 bridgehead atoms. The lowest BCUT2D eigenvalue weighted by atomic mass is 10.2.